The summed E-state index contributed by atoms with van der Waals surface area (Å²) in [6.07, 6.45) is 3.84. The lowest BCUT2D eigenvalue weighted by molar-refractivity contribution is 0.488. The molecule has 2 rings (SSSR count). The van der Waals surface area contributed by atoms with Gasteiger partial charge in [0.05, 0.1) is 10.6 Å². The van der Waals surface area contributed by atoms with Gasteiger partial charge in [0.2, 0.25) is 0 Å². The van der Waals surface area contributed by atoms with Crippen molar-refractivity contribution in [3.63, 3.8) is 0 Å². The molecular weight excluding hydrogens is 272 g/mol. The van der Waals surface area contributed by atoms with Crippen LogP contribution in [0.3, 0.4) is 0 Å². The molecule has 1 aliphatic heterocycles. The lowest BCUT2D eigenvalue weighted by atomic mass is 10.00. The van der Waals surface area contributed by atoms with E-state index in [-0.39, 0.29) is 0 Å². The van der Waals surface area contributed by atoms with Gasteiger partial charge in [0, 0.05) is 18.0 Å². The Hall–Kier alpha value is -1.20. The first-order valence-corrected chi connectivity index (χ1v) is 8.69. The van der Waals surface area contributed by atoms with Gasteiger partial charge in [-0.25, -0.2) is 0 Å². The van der Waals surface area contributed by atoms with Crippen LogP contribution in [0.2, 0.25) is 0 Å². The van der Waals surface area contributed by atoms with Crippen molar-refractivity contribution in [2.45, 2.75) is 50.5 Å². The molecule has 1 aromatic rings. The molecule has 1 N–H and O–H groups in total. The third-order valence-corrected chi connectivity index (χ3v) is 4.84. The van der Waals surface area contributed by atoms with Crippen molar-refractivity contribution in [2.24, 2.45) is 4.40 Å². The molecule has 20 heavy (non-hydrogen) atoms. The number of hydrogen-bond acceptors (Lipinski definition) is 3. The Morgan fingerprint density at radius 1 is 1.20 bits per heavy atom. The minimum atomic E-state index is -3.48. The van der Waals surface area contributed by atoms with Crippen molar-refractivity contribution in [1.82, 2.24) is 5.32 Å². The molecule has 0 saturated heterocycles. The van der Waals surface area contributed by atoms with Crippen LogP contribution in [0.1, 0.15) is 45.1 Å². The molecule has 0 spiro atoms. The molecule has 0 fully saturated rings. The van der Waals surface area contributed by atoms with Gasteiger partial charge in [0.1, 0.15) is 0 Å². The predicted octanol–water partition coefficient (Wildman–Crippen LogP) is 2.74. The summed E-state index contributed by atoms with van der Waals surface area (Å²) in [5, 5.41) is 3.48. The normalized spacial score (nSPS) is 17.6. The van der Waals surface area contributed by atoms with Gasteiger partial charge in [0.25, 0.3) is 10.0 Å². The van der Waals surface area contributed by atoms with Crippen molar-refractivity contribution in [1.29, 1.82) is 0 Å². The van der Waals surface area contributed by atoms with Crippen molar-refractivity contribution in [2.75, 3.05) is 6.54 Å². The zero-order valence-corrected chi connectivity index (χ0v) is 12.9. The van der Waals surface area contributed by atoms with E-state index in [1.165, 1.54) is 0 Å². The molecule has 1 aromatic carbocycles. The maximum atomic E-state index is 12.0. The highest BCUT2D eigenvalue weighted by Gasteiger charge is 2.29. The first-order valence-electron chi connectivity index (χ1n) is 7.25. The lowest BCUT2D eigenvalue weighted by Gasteiger charge is -2.17. The van der Waals surface area contributed by atoms with E-state index in [4.69, 9.17) is 0 Å². The topological polar surface area (TPSA) is 58.5 Å². The Morgan fingerprint density at radius 3 is 2.65 bits per heavy atom. The van der Waals surface area contributed by atoms with Crippen molar-refractivity contribution < 1.29 is 8.42 Å². The number of nitrogens with one attached hydrogen (secondary N) is 1. The molecule has 1 atom stereocenters. The number of fused-ring (bicyclic) bond motifs is 1. The molecule has 0 bridgehead atoms. The standard InChI is InChI=1S/C15H22N2O2S/c1-3-7-12(16-10-4-2)11-14-13-8-5-6-9-15(13)20(18,19)17-14/h5-6,8-9,12,16H,3-4,7,10-11H2,1-2H3. The minimum Gasteiger partial charge on any atom is -0.314 e. The van der Waals surface area contributed by atoms with E-state index in [1.54, 1.807) is 12.1 Å². The second-order valence-corrected chi connectivity index (χ2v) is 6.73. The second-order valence-electron chi connectivity index (χ2n) is 5.15. The average Bonchev–Trinajstić information content (AvgIpc) is 2.68. The fourth-order valence-electron chi connectivity index (χ4n) is 2.53. The smallest absolute Gasteiger partial charge is 0.283 e. The predicted molar refractivity (Wildman–Crippen MR) is 81.8 cm³/mol. The van der Waals surface area contributed by atoms with Gasteiger partial charge in [-0.05, 0) is 25.5 Å². The zero-order chi connectivity index (χ0) is 14.6. The first-order chi connectivity index (χ1) is 9.58. The second kappa shape index (κ2) is 6.50. The van der Waals surface area contributed by atoms with Gasteiger partial charge in [-0.1, -0.05) is 38.5 Å². The summed E-state index contributed by atoms with van der Waals surface area (Å²) in [7, 11) is -3.48. The van der Waals surface area contributed by atoms with Gasteiger partial charge in [0.15, 0.2) is 0 Å². The number of benzene rings is 1. The van der Waals surface area contributed by atoms with Crippen LogP contribution in [0.25, 0.3) is 0 Å². The van der Waals surface area contributed by atoms with Crippen LogP contribution in [0, 0.1) is 0 Å². The van der Waals surface area contributed by atoms with E-state index in [2.05, 4.69) is 23.6 Å². The first kappa shape index (κ1) is 15.2. The van der Waals surface area contributed by atoms with Gasteiger partial charge in [-0.2, -0.15) is 12.8 Å². The average molecular weight is 294 g/mol. The van der Waals surface area contributed by atoms with Gasteiger partial charge in [-0.3, -0.25) is 0 Å². The molecule has 1 aliphatic rings. The lowest BCUT2D eigenvalue weighted by Crippen LogP contribution is -2.31. The van der Waals surface area contributed by atoms with Crippen molar-refractivity contribution >= 4 is 15.7 Å². The van der Waals surface area contributed by atoms with Gasteiger partial charge < -0.3 is 5.32 Å². The van der Waals surface area contributed by atoms with Gasteiger partial charge >= 0.3 is 0 Å². The molecular formula is C15H22N2O2S. The largest absolute Gasteiger partial charge is 0.314 e. The summed E-state index contributed by atoms with van der Waals surface area (Å²) < 4.78 is 28.0. The monoisotopic (exact) mass is 294 g/mol. The number of hydrogen-bond donors (Lipinski definition) is 1. The SMILES string of the molecule is CCCNC(CCC)CC1=NS(=O)(=O)c2ccccc21. The Labute approximate surface area is 121 Å². The highest BCUT2D eigenvalue weighted by molar-refractivity contribution is 7.90. The molecule has 0 aliphatic carbocycles. The molecule has 0 saturated carbocycles. The molecule has 0 radical (unpaired) electrons. The van der Waals surface area contributed by atoms with Crippen LogP contribution in [0.4, 0.5) is 0 Å². The summed E-state index contributed by atoms with van der Waals surface area (Å²) in [5.41, 5.74) is 1.47. The Kier molecular flexibility index (Phi) is 4.94. The minimum absolute atomic E-state index is 0.292. The molecule has 110 valence electrons. The molecule has 4 nitrogen and oxygen atoms in total. The highest BCUT2D eigenvalue weighted by Crippen LogP contribution is 2.28. The van der Waals surface area contributed by atoms with E-state index >= 15 is 0 Å². The van der Waals surface area contributed by atoms with Gasteiger partial charge in [-0.15, -0.1) is 0 Å². The summed E-state index contributed by atoms with van der Waals surface area (Å²) in [6, 6.07) is 7.38. The highest BCUT2D eigenvalue weighted by atomic mass is 32.2. The summed E-state index contributed by atoms with van der Waals surface area (Å²) in [6.45, 7) is 5.22. The van der Waals surface area contributed by atoms with E-state index in [9.17, 15) is 8.42 Å². The maximum absolute atomic E-state index is 12.0. The molecule has 0 amide bonds. The van der Waals surface area contributed by atoms with Crippen LogP contribution < -0.4 is 5.32 Å². The van der Waals surface area contributed by atoms with Crippen LogP contribution in [0.5, 0.6) is 0 Å². The third-order valence-electron chi connectivity index (χ3n) is 3.47. The molecule has 0 aromatic heterocycles. The summed E-state index contributed by atoms with van der Waals surface area (Å²) in [5.74, 6) is 0. The van der Waals surface area contributed by atoms with E-state index < -0.39 is 10.0 Å². The van der Waals surface area contributed by atoms with Crippen LogP contribution in [-0.4, -0.2) is 26.7 Å². The summed E-state index contributed by atoms with van der Waals surface area (Å²) >= 11 is 0. The van der Waals surface area contributed by atoms with E-state index in [0.717, 1.165) is 31.4 Å². The Morgan fingerprint density at radius 2 is 1.95 bits per heavy atom. The van der Waals surface area contributed by atoms with Crippen molar-refractivity contribution in [3.05, 3.63) is 29.8 Å². The fraction of sp³-hybridized carbons (Fsp3) is 0.533. The summed E-state index contributed by atoms with van der Waals surface area (Å²) in [4.78, 5) is 0.348. The van der Waals surface area contributed by atoms with E-state index in [0.29, 0.717) is 23.1 Å². The van der Waals surface area contributed by atoms with Crippen LogP contribution in [-0.2, 0) is 10.0 Å². The number of rotatable bonds is 7. The number of nitrogens with zero attached hydrogens (tertiary/aromatic N) is 1. The van der Waals surface area contributed by atoms with E-state index in [1.807, 2.05) is 12.1 Å². The zero-order valence-electron chi connectivity index (χ0n) is 12.1. The van der Waals surface area contributed by atoms with Crippen molar-refractivity contribution in [3.8, 4) is 0 Å². The third kappa shape index (κ3) is 3.27. The maximum Gasteiger partial charge on any atom is 0.283 e. The van der Waals surface area contributed by atoms with Crippen LogP contribution in [0.15, 0.2) is 33.6 Å². The Balaban J connectivity index is 2.21. The molecule has 5 heteroatoms. The van der Waals surface area contributed by atoms with Crippen LogP contribution >= 0.6 is 0 Å². The Bertz CT molecular complexity index is 594. The molecule has 1 unspecified atom stereocenters. The molecule has 1 heterocycles. The fourth-order valence-corrected chi connectivity index (χ4v) is 3.80. The quantitative estimate of drug-likeness (QED) is 0.841. The number of sulfonamides is 1.